The van der Waals surface area contributed by atoms with E-state index in [1.807, 2.05) is 32.9 Å². The third-order valence-electron chi connectivity index (χ3n) is 3.29. The Morgan fingerprint density at radius 3 is 1.80 bits per heavy atom. The van der Waals surface area contributed by atoms with Gasteiger partial charge in [0.2, 0.25) is 0 Å². The maximum Gasteiger partial charge on any atom is 0.0891 e. The van der Waals surface area contributed by atoms with Crippen molar-refractivity contribution in [2.45, 2.75) is 46.1 Å². The van der Waals surface area contributed by atoms with Crippen molar-refractivity contribution in [3.63, 3.8) is 0 Å². The maximum atomic E-state index is 10.3. The van der Waals surface area contributed by atoms with Crippen LogP contribution in [-0.4, -0.2) is 5.11 Å². The van der Waals surface area contributed by atoms with Gasteiger partial charge in [0.1, 0.15) is 0 Å². The second-order valence-corrected chi connectivity index (χ2v) is 5.08. The standard InChI is InChI=1S/C14H22O/c1-10(2)12-6-8-13(9-7-12)14(5,15)11(3)4/h6-11,15H,1-5H3. The van der Waals surface area contributed by atoms with Crippen LogP contribution in [0.4, 0.5) is 0 Å². The Balaban J connectivity index is 2.98. The van der Waals surface area contributed by atoms with Gasteiger partial charge in [0.05, 0.1) is 5.60 Å². The minimum atomic E-state index is -0.727. The number of hydrogen-bond donors (Lipinski definition) is 1. The predicted molar refractivity (Wildman–Crippen MR) is 64.9 cm³/mol. The fourth-order valence-electron chi connectivity index (χ4n) is 1.54. The molecule has 1 nitrogen and oxygen atoms in total. The van der Waals surface area contributed by atoms with Gasteiger partial charge in [0, 0.05) is 0 Å². The first-order chi connectivity index (χ1) is 6.85. The van der Waals surface area contributed by atoms with E-state index >= 15 is 0 Å². The third-order valence-corrected chi connectivity index (χ3v) is 3.29. The SMILES string of the molecule is CC(C)c1ccc(C(C)(O)C(C)C)cc1. The largest absolute Gasteiger partial charge is 0.385 e. The first-order valence-corrected chi connectivity index (χ1v) is 5.68. The molecule has 1 rings (SSSR count). The van der Waals surface area contributed by atoms with Crippen molar-refractivity contribution in [1.82, 2.24) is 0 Å². The summed E-state index contributed by atoms with van der Waals surface area (Å²) in [6, 6.07) is 8.29. The average Bonchev–Trinajstić information content (AvgIpc) is 2.17. The van der Waals surface area contributed by atoms with Crippen LogP contribution < -0.4 is 0 Å². The topological polar surface area (TPSA) is 20.2 Å². The Morgan fingerprint density at radius 1 is 1.00 bits per heavy atom. The fraction of sp³-hybridized carbons (Fsp3) is 0.571. The predicted octanol–water partition coefficient (Wildman–Crippen LogP) is 3.67. The van der Waals surface area contributed by atoms with E-state index in [2.05, 4.69) is 26.0 Å². The highest BCUT2D eigenvalue weighted by Gasteiger charge is 2.26. The summed E-state index contributed by atoms with van der Waals surface area (Å²) in [5, 5.41) is 10.3. The highest BCUT2D eigenvalue weighted by molar-refractivity contribution is 5.28. The smallest absolute Gasteiger partial charge is 0.0891 e. The van der Waals surface area contributed by atoms with Crippen molar-refractivity contribution in [2.75, 3.05) is 0 Å². The van der Waals surface area contributed by atoms with E-state index in [0.717, 1.165) is 5.56 Å². The van der Waals surface area contributed by atoms with Gasteiger partial charge >= 0.3 is 0 Å². The maximum absolute atomic E-state index is 10.3. The van der Waals surface area contributed by atoms with E-state index in [1.165, 1.54) is 5.56 Å². The van der Waals surface area contributed by atoms with Gasteiger partial charge in [-0.15, -0.1) is 0 Å². The lowest BCUT2D eigenvalue weighted by Gasteiger charge is -2.28. The van der Waals surface area contributed by atoms with Crippen molar-refractivity contribution >= 4 is 0 Å². The molecule has 0 fully saturated rings. The Kier molecular flexibility index (Phi) is 3.56. The molecule has 0 aliphatic carbocycles. The zero-order chi connectivity index (χ0) is 11.6. The van der Waals surface area contributed by atoms with Gasteiger partial charge in [-0.1, -0.05) is 52.0 Å². The van der Waals surface area contributed by atoms with Crippen molar-refractivity contribution in [2.24, 2.45) is 5.92 Å². The molecule has 15 heavy (non-hydrogen) atoms. The molecule has 0 saturated carbocycles. The zero-order valence-corrected chi connectivity index (χ0v) is 10.4. The van der Waals surface area contributed by atoms with Crippen LogP contribution in [0.2, 0.25) is 0 Å². The van der Waals surface area contributed by atoms with Crippen molar-refractivity contribution in [3.05, 3.63) is 35.4 Å². The van der Waals surface area contributed by atoms with Crippen LogP contribution in [0.25, 0.3) is 0 Å². The molecule has 0 radical (unpaired) electrons. The van der Waals surface area contributed by atoms with Crippen LogP contribution in [0.3, 0.4) is 0 Å². The van der Waals surface area contributed by atoms with Crippen LogP contribution >= 0.6 is 0 Å². The molecule has 1 aromatic carbocycles. The molecule has 0 amide bonds. The third kappa shape index (κ3) is 2.60. The Morgan fingerprint density at radius 2 is 1.47 bits per heavy atom. The highest BCUT2D eigenvalue weighted by Crippen LogP contribution is 2.29. The molecule has 1 N–H and O–H groups in total. The summed E-state index contributed by atoms with van der Waals surface area (Å²) >= 11 is 0. The van der Waals surface area contributed by atoms with E-state index in [-0.39, 0.29) is 5.92 Å². The summed E-state index contributed by atoms with van der Waals surface area (Å²) in [6.07, 6.45) is 0. The summed E-state index contributed by atoms with van der Waals surface area (Å²) in [5.41, 5.74) is 1.59. The molecule has 0 heterocycles. The quantitative estimate of drug-likeness (QED) is 0.800. The van der Waals surface area contributed by atoms with Crippen LogP contribution in [0.5, 0.6) is 0 Å². The van der Waals surface area contributed by atoms with E-state index < -0.39 is 5.60 Å². The minimum absolute atomic E-state index is 0.224. The molecular weight excluding hydrogens is 184 g/mol. The molecule has 1 unspecified atom stereocenters. The molecule has 84 valence electrons. The van der Waals surface area contributed by atoms with Crippen LogP contribution in [0.1, 0.15) is 51.7 Å². The fourth-order valence-corrected chi connectivity index (χ4v) is 1.54. The summed E-state index contributed by atoms with van der Waals surface area (Å²) in [7, 11) is 0. The molecule has 0 aliphatic rings. The van der Waals surface area contributed by atoms with Crippen LogP contribution in [0, 0.1) is 5.92 Å². The van der Waals surface area contributed by atoms with E-state index in [4.69, 9.17) is 0 Å². The van der Waals surface area contributed by atoms with Crippen LogP contribution in [0.15, 0.2) is 24.3 Å². The molecule has 0 aliphatic heterocycles. The summed E-state index contributed by atoms with van der Waals surface area (Å²) in [4.78, 5) is 0. The molecular formula is C14H22O. The minimum Gasteiger partial charge on any atom is -0.385 e. The molecule has 1 heteroatoms. The van der Waals surface area contributed by atoms with Gasteiger partial charge in [-0.05, 0) is 29.9 Å². The summed E-state index contributed by atoms with van der Waals surface area (Å²) in [5.74, 6) is 0.769. The molecule has 0 saturated heterocycles. The van der Waals surface area contributed by atoms with E-state index in [0.29, 0.717) is 5.92 Å². The van der Waals surface area contributed by atoms with Crippen molar-refractivity contribution in [1.29, 1.82) is 0 Å². The molecule has 0 aromatic heterocycles. The van der Waals surface area contributed by atoms with Gasteiger partial charge < -0.3 is 5.11 Å². The number of rotatable bonds is 3. The van der Waals surface area contributed by atoms with E-state index in [1.54, 1.807) is 0 Å². The van der Waals surface area contributed by atoms with Gasteiger partial charge in [-0.25, -0.2) is 0 Å². The second kappa shape index (κ2) is 4.36. The van der Waals surface area contributed by atoms with Gasteiger partial charge in [0.15, 0.2) is 0 Å². The number of hydrogen-bond acceptors (Lipinski definition) is 1. The summed E-state index contributed by atoms with van der Waals surface area (Å²) < 4.78 is 0. The highest BCUT2D eigenvalue weighted by atomic mass is 16.3. The normalized spacial score (nSPS) is 15.7. The molecule has 1 atom stereocenters. The lowest BCUT2D eigenvalue weighted by molar-refractivity contribution is 0.00903. The van der Waals surface area contributed by atoms with Crippen molar-refractivity contribution < 1.29 is 5.11 Å². The molecule has 0 spiro atoms. The first-order valence-electron chi connectivity index (χ1n) is 5.68. The van der Waals surface area contributed by atoms with E-state index in [9.17, 15) is 5.11 Å². The van der Waals surface area contributed by atoms with Gasteiger partial charge in [-0.3, -0.25) is 0 Å². The average molecular weight is 206 g/mol. The molecule has 0 bridgehead atoms. The lowest BCUT2D eigenvalue weighted by Crippen LogP contribution is -2.27. The Labute approximate surface area is 93.1 Å². The number of aliphatic hydroxyl groups is 1. The Bertz CT molecular complexity index is 307. The number of benzene rings is 1. The Hall–Kier alpha value is -0.820. The zero-order valence-electron chi connectivity index (χ0n) is 10.4. The lowest BCUT2D eigenvalue weighted by atomic mass is 9.84. The van der Waals surface area contributed by atoms with Crippen LogP contribution in [-0.2, 0) is 5.60 Å². The van der Waals surface area contributed by atoms with Gasteiger partial charge in [0.25, 0.3) is 0 Å². The monoisotopic (exact) mass is 206 g/mol. The van der Waals surface area contributed by atoms with Crippen molar-refractivity contribution in [3.8, 4) is 0 Å². The summed E-state index contributed by atoms with van der Waals surface area (Å²) in [6.45, 7) is 10.3. The molecule has 1 aromatic rings. The second-order valence-electron chi connectivity index (χ2n) is 5.08. The first kappa shape index (κ1) is 12.3. The van der Waals surface area contributed by atoms with Gasteiger partial charge in [-0.2, -0.15) is 0 Å².